The second-order valence-corrected chi connectivity index (χ2v) is 5.93. The largest absolute Gasteiger partial charge is 0.398 e. The highest BCUT2D eigenvalue weighted by molar-refractivity contribution is 5.90. The van der Waals surface area contributed by atoms with Gasteiger partial charge in [-0.25, -0.2) is 0 Å². The molecular weight excluding hydrogens is 220 g/mol. The molecule has 2 aromatic rings. The van der Waals surface area contributed by atoms with E-state index in [0.29, 0.717) is 0 Å². The number of aryl methyl sites for hydroxylation is 1. The van der Waals surface area contributed by atoms with Gasteiger partial charge < -0.3 is 5.73 Å². The molecule has 0 aliphatic rings. The summed E-state index contributed by atoms with van der Waals surface area (Å²) in [5.74, 6) is 0. The summed E-state index contributed by atoms with van der Waals surface area (Å²) in [4.78, 5) is 4.67. The molecule has 2 heteroatoms. The van der Waals surface area contributed by atoms with Crippen molar-refractivity contribution in [2.45, 2.75) is 46.0 Å². The summed E-state index contributed by atoms with van der Waals surface area (Å²) >= 11 is 0. The summed E-state index contributed by atoms with van der Waals surface area (Å²) in [5, 5.41) is 1.07. The van der Waals surface area contributed by atoms with E-state index in [0.717, 1.165) is 35.1 Å². The first-order valence-corrected chi connectivity index (χ1v) is 6.61. The van der Waals surface area contributed by atoms with Gasteiger partial charge in [0.25, 0.3) is 0 Å². The van der Waals surface area contributed by atoms with Gasteiger partial charge in [-0.3, -0.25) is 4.98 Å². The Kier molecular flexibility index (Phi) is 3.29. The van der Waals surface area contributed by atoms with Crippen LogP contribution in [0.25, 0.3) is 10.9 Å². The first-order valence-electron chi connectivity index (χ1n) is 6.61. The van der Waals surface area contributed by atoms with E-state index < -0.39 is 0 Å². The van der Waals surface area contributed by atoms with E-state index in [9.17, 15) is 0 Å². The molecule has 1 aromatic heterocycles. The van der Waals surface area contributed by atoms with Crippen molar-refractivity contribution in [2.24, 2.45) is 0 Å². The molecule has 96 valence electrons. The first kappa shape index (κ1) is 12.9. The van der Waals surface area contributed by atoms with E-state index in [1.807, 2.05) is 6.07 Å². The van der Waals surface area contributed by atoms with Gasteiger partial charge in [-0.1, -0.05) is 40.2 Å². The lowest BCUT2D eigenvalue weighted by Crippen LogP contribution is -2.11. The van der Waals surface area contributed by atoms with Crippen molar-refractivity contribution in [1.82, 2.24) is 4.98 Å². The number of benzene rings is 1. The van der Waals surface area contributed by atoms with E-state index in [1.165, 1.54) is 5.56 Å². The highest BCUT2D eigenvalue weighted by atomic mass is 14.7. The summed E-state index contributed by atoms with van der Waals surface area (Å²) in [7, 11) is 0. The van der Waals surface area contributed by atoms with Crippen LogP contribution in [0, 0.1) is 0 Å². The van der Waals surface area contributed by atoms with Gasteiger partial charge in [0, 0.05) is 16.8 Å². The topological polar surface area (TPSA) is 38.9 Å². The SMILES string of the molecule is CCCc1cc(N)c2cc(C(C)(C)C)ccc2n1. The van der Waals surface area contributed by atoms with Crippen LogP contribution < -0.4 is 5.73 Å². The zero-order chi connectivity index (χ0) is 13.3. The Morgan fingerprint density at radius 1 is 1.17 bits per heavy atom. The Hall–Kier alpha value is -1.57. The molecule has 0 saturated heterocycles. The number of nitrogens with zero attached hydrogens (tertiary/aromatic N) is 1. The van der Waals surface area contributed by atoms with Crippen molar-refractivity contribution in [3.63, 3.8) is 0 Å². The van der Waals surface area contributed by atoms with E-state index in [-0.39, 0.29) is 5.41 Å². The van der Waals surface area contributed by atoms with Crippen LogP contribution in [0.4, 0.5) is 5.69 Å². The molecule has 0 bridgehead atoms. The summed E-state index contributed by atoms with van der Waals surface area (Å²) in [6.45, 7) is 8.79. The van der Waals surface area contributed by atoms with Crippen LogP contribution in [0.5, 0.6) is 0 Å². The van der Waals surface area contributed by atoms with Gasteiger partial charge >= 0.3 is 0 Å². The Morgan fingerprint density at radius 2 is 1.89 bits per heavy atom. The van der Waals surface area contributed by atoms with Crippen LogP contribution in [-0.4, -0.2) is 4.98 Å². The molecule has 0 unspecified atom stereocenters. The van der Waals surface area contributed by atoms with Crippen molar-refractivity contribution in [3.8, 4) is 0 Å². The molecule has 2 nitrogen and oxygen atoms in total. The molecule has 2 rings (SSSR count). The predicted octanol–water partition coefficient (Wildman–Crippen LogP) is 4.07. The molecule has 0 aliphatic carbocycles. The fourth-order valence-electron chi connectivity index (χ4n) is 2.16. The quantitative estimate of drug-likeness (QED) is 0.862. The molecule has 0 saturated carbocycles. The minimum atomic E-state index is 0.142. The summed E-state index contributed by atoms with van der Waals surface area (Å²) in [6, 6.07) is 8.43. The standard InChI is InChI=1S/C16H22N2/c1-5-6-12-10-14(17)13-9-11(16(2,3)4)7-8-15(13)18-12/h7-10H,5-6H2,1-4H3,(H2,17,18). The average molecular weight is 242 g/mol. The molecule has 0 aliphatic heterocycles. The van der Waals surface area contributed by atoms with E-state index in [1.54, 1.807) is 0 Å². The van der Waals surface area contributed by atoms with E-state index >= 15 is 0 Å². The highest BCUT2D eigenvalue weighted by Crippen LogP contribution is 2.28. The third-order valence-corrected chi connectivity index (χ3v) is 3.27. The molecule has 0 radical (unpaired) electrons. The third kappa shape index (κ3) is 2.47. The van der Waals surface area contributed by atoms with E-state index in [4.69, 9.17) is 5.73 Å². The van der Waals surface area contributed by atoms with Crippen LogP contribution in [0.1, 0.15) is 45.4 Å². The Bertz CT molecular complexity index is 565. The number of nitrogen functional groups attached to an aromatic ring is 1. The maximum Gasteiger partial charge on any atom is 0.0726 e. The Balaban J connectivity index is 2.58. The number of rotatable bonds is 2. The maximum atomic E-state index is 6.16. The van der Waals surface area contributed by atoms with E-state index in [2.05, 4.69) is 50.9 Å². The Morgan fingerprint density at radius 3 is 2.50 bits per heavy atom. The van der Waals surface area contributed by atoms with Crippen LogP contribution in [0.3, 0.4) is 0 Å². The zero-order valence-electron chi connectivity index (χ0n) is 11.7. The number of hydrogen-bond donors (Lipinski definition) is 1. The number of pyridine rings is 1. The molecule has 1 heterocycles. The minimum Gasteiger partial charge on any atom is -0.398 e. The molecule has 0 fully saturated rings. The van der Waals surface area contributed by atoms with Gasteiger partial charge in [0.05, 0.1) is 5.52 Å². The number of fused-ring (bicyclic) bond motifs is 1. The van der Waals surface area contributed by atoms with Gasteiger partial charge in [0.15, 0.2) is 0 Å². The highest BCUT2D eigenvalue weighted by Gasteiger charge is 2.14. The molecule has 2 N–H and O–H groups in total. The summed E-state index contributed by atoms with van der Waals surface area (Å²) in [5.41, 5.74) is 10.5. The lowest BCUT2D eigenvalue weighted by Gasteiger charge is -2.19. The van der Waals surface area contributed by atoms with Crippen LogP contribution in [0.2, 0.25) is 0 Å². The lowest BCUT2D eigenvalue weighted by atomic mass is 9.86. The van der Waals surface area contributed by atoms with Crippen LogP contribution >= 0.6 is 0 Å². The molecule has 0 atom stereocenters. The van der Waals surface area contributed by atoms with Crippen LogP contribution in [-0.2, 0) is 11.8 Å². The minimum absolute atomic E-state index is 0.142. The number of anilines is 1. The average Bonchev–Trinajstić information content (AvgIpc) is 2.27. The van der Waals surface area contributed by atoms with Crippen molar-refractivity contribution in [1.29, 1.82) is 0 Å². The van der Waals surface area contributed by atoms with Crippen LogP contribution in [0.15, 0.2) is 24.3 Å². The fraction of sp³-hybridized carbons (Fsp3) is 0.438. The second kappa shape index (κ2) is 4.60. The zero-order valence-corrected chi connectivity index (χ0v) is 11.7. The molecule has 0 spiro atoms. The van der Waals surface area contributed by atoms with Crippen molar-refractivity contribution in [2.75, 3.05) is 5.73 Å². The normalized spacial score (nSPS) is 12.0. The maximum absolute atomic E-state index is 6.16. The number of hydrogen-bond acceptors (Lipinski definition) is 2. The summed E-state index contributed by atoms with van der Waals surface area (Å²) in [6.07, 6.45) is 2.08. The second-order valence-electron chi connectivity index (χ2n) is 5.93. The Labute approximate surface area is 109 Å². The lowest BCUT2D eigenvalue weighted by molar-refractivity contribution is 0.591. The first-order chi connectivity index (χ1) is 8.41. The van der Waals surface area contributed by atoms with Gasteiger partial charge in [-0.15, -0.1) is 0 Å². The monoisotopic (exact) mass is 242 g/mol. The smallest absolute Gasteiger partial charge is 0.0726 e. The number of nitrogens with two attached hydrogens (primary N) is 1. The van der Waals surface area contributed by atoms with Gasteiger partial charge in [0.1, 0.15) is 0 Å². The van der Waals surface area contributed by atoms with Gasteiger partial charge in [0.2, 0.25) is 0 Å². The molecule has 18 heavy (non-hydrogen) atoms. The fourth-order valence-corrected chi connectivity index (χ4v) is 2.16. The van der Waals surface area contributed by atoms with Crippen molar-refractivity contribution in [3.05, 3.63) is 35.5 Å². The molecule has 0 amide bonds. The third-order valence-electron chi connectivity index (χ3n) is 3.27. The molecular formula is C16H22N2. The summed E-state index contributed by atoms with van der Waals surface area (Å²) < 4.78 is 0. The van der Waals surface area contributed by atoms with Crippen molar-refractivity contribution >= 4 is 16.6 Å². The predicted molar refractivity (Wildman–Crippen MR) is 78.9 cm³/mol. The van der Waals surface area contributed by atoms with Gasteiger partial charge in [-0.05, 0) is 35.6 Å². The number of aromatic nitrogens is 1. The van der Waals surface area contributed by atoms with Crippen molar-refractivity contribution < 1.29 is 0 Å². The molecule has 1 aromatic carbocycles. The van der Waals surface area contributed by atoms with Gasteiger partial charge in [-0.2, -0.15) is 0 Å².